The van der Waals surface area contributed by atoms with E-state index in [1.807, 2.05) is 11.8 Å². The van der Waals surface area contributed by atoms with Crippen LogP contribution in [0.5, 0.6) is 0 Å². The minimum atomic E-state index is -0.115. The summed E-state index contributed by atoms with van der Waals surface area (Å²) < 4.78 is 5.31. The van der Waals surface area contributed by atoms with Crippen molar-refractivity contribution in [1.82, 2.24) is 20.2 Å². The van der Waals surface area contributed by atoms with E-state index in [0.29, 0.717) is 12.4 Å². The van der Waals surface area contributed by atoms with E-state index in [0.717, 1.165) is 66.6 Å². The van der Waals surface area contributed by atoms with Gasteiger partial charge in [-0.15, -0.1) is 11.3 Å². The number of hydrogen-bond donors (Lipinski definition) is 2. The zero-order valence-corrected chi connectivity index (χ0v) is 16.1. The summed E-state index contributed by atoms with van der Waals surface area (Å²) in [4.78, 5) is 36.3. The maximum absolute atomic E-state index is 12.5. The molecule has 0 aromatic carbocycles. The number of aryl methyl sites for hydroxylation is 1. The maximum atomic E-state index is 12.5. The third-order valence-corrected chi connectivity index (χ3v) is 7.00. The van der Waals surface area contributed by atoms with Gasteiger partial charge in [-0.1, -0.05) is 0 Å². The SMILES string of the molecule is O=C(Cc1nc2sc3c(c2c(=O)[nH]1)CCSC3)NCCN1CCOCC1. The van der Waals surface area contributed by atoms with Crippen LogP contribution < -0.4 is 10.9 Å². The van der Waals surface area contributed by atoms with Crippen molar-refractivity contribution < 1.29 is 9.53 Å². The number of amides is 1. The first-order valence-corrected chi connectivity index (χ1v) is 10.9. The molecule has 1 amide bonds. The van der Waals surface area contributed by atoms with E-state index >= 15 is 0 Å². The van der Waals surface area contributed by atoms with E-state index in [1.165, 1.54) is 4.88 Å². The Bertz CT molecular complexity index is 858. The van der Waals surface area contributed by atoms with Crippen LogP contribution in [0.15, 0.2) is 4.79 Å². The predicted molar refractivity (Wildman–Crippen MR) is 104 cm³/mol. The molecule has 0 radical (unpaired) electrons. The average molecular weight is 395 g/mol. The summed E-state index contributed by atoms with van der Waals surface area (Å²) >= 11 is 3.48. The van der Waals surface area contributed by atoms with Crippen molar-refractivity contribution in [2.24, 2.45) is 0 Å². The van der Waals surface area contributed by atoms with Crippen LogP contribution in [0.4, 0.5) is 0 Å². The third-order valence-electron chi connectivity index (χ3n) is 4.70. The fourth-order valence-electron chi connectivity index (χ4n) is 3.35. The Kier molecular flexibility index (Phi) is 5.58. The second-order valence-corrected chi connectivity index (χ2v) is 8.67. The Morgan fingerprint density at radius 3 is 3.04 bits per heavy atom. The summed E-state index contributed by atoms with van der Waals surface area (Å²) in [5, 5.41) is 3.64. The zero-order valence-electron chi connectivity index (χ0n) is 14.5. The number of hydrogen-bond acceptors (Lipinski definition) is 7. The Balaban J connectivity index is 1.39. The lowest BCUT2D eigenvalue weighted by Crippen LogP contribution is -2.41. The monoisotopic (exact) mass is 394 g/mol. The molecule has 0 unspecified atom stereocenters. The number of carbonyl (C=O) groups is 1. The predicted octanol–water partition coefficient (Wildman–Crippen LogP) is 0.765. The van der Waals surface area contributed by atoms with Gasteiger partial charge in [-0.2, -0.15) is 11.8 Å². The van der Waals surface area contributed by atoms with Crippen LogP contribution in [0, 0.1) is 0 Å². The van der Waals surface area contributed by atoms with Crippen LogP contribution >= 0.6 is 23.1 Å². The van der Waals surface area contributed by atoms with Crippen LogP contribution in [0.25, 0.3) is 10.2 Å². The Morgan fingerprint density at radius 2 is 2.19 bits per heavy atom. The maximum Gasteiger partial charge on any atom is 0.259 e. The van der Waals surface area contributed by atoms with Crippen LogP contribution in [0.2, 0.25) is 0 Å². The number of morpholine rings is 1. The summed E-state index contributed by atoms with van der Waals surface area (Å²) in [6, 6.07) is 0. The van der Waals surface area contributed by atoms with Gasteiger partial charge in [0.15, 0.2) is 0 Å². The van der Waals surface area contributed by atoms with Crippen molar-refractivity contribution in [3.63, 3.8) is 0 Å². The number of rotatable bonds is 5. The lowest BCUT2D eigenvalue weighted by molar-refractivity contribution is -0.120. The zero-order chi connectivity index (χ0) is 17.9. The average Bonchev–Trinajstić information content (AvgIpc) is 3.01. The number of H-pyrrole nitrogens is 1. The number of fused-ring (bicyclic) bond motifs is 3. The van der Waals surface area contributed by atoms with Crippen molar-refractivity contribution in [3.05, 3.63) is 26.6 Å². The second kappa shape index (κ2) is 8.08. The number of thiophene rings is 1. The van der Waals surface area contributed by atoms with Gasteiger partial charge in [0.05, 0.1) is 25.0 Å². The van der Waals surface area contributed by atoms with Gasteiger partial charge in [-0.25, -0.2) is 4.98 Å². The van der Waals surface area contributed by atoms with E-state index < -0.39 is 0 Å². The summed E-state index contributed by atoms with van der Waals surface area (Å²) in [6.07, 6.45) is 1.03. The first-order valence-electron chi connectivity index (χ1n) is 8.88. The number of nitrogens with zero attached hydrogens (tertiary/aromatic N) is 2. The molecule has 1 saturated heterocycles. The molecule has 140 valence electrons. The van der Waals surface area contributed by atoms with Gasteiger partial charge in [0, 0.05) is 36.8 Å². The lowest BCUT2D eigenvalue weighted by Gasteiger charge is -2.26. The molecule has 0 atom stereocenters. The molecule has 1 fully saturated rings. The summed E-state index contributed by atoms with van der Waals surface area (Å²) in [7, 11) is 0. The highest BCUT2D eigenvalue weighted by atomic mass is 32.2. The Hall–Kier alpha value is -1.42. The third kappa shape index (κ3) is 3.95. The number of aromatic nitrogens is 2. The molecule has 7 nitrogen and oxygen atoms in total. The Labute approximate surface area is 159 Å². The molecule has 4 heterocycles. The fourth-order valence-corrected chi connectivity index (χ4v) is 5.72. The molecule has 0 aliphatic carbocycles. The molecule has 2 N–H and O–H groups in total. The highest BCUT2D eigenvalue weighted by Gasteiger charge is 2.20. The van der Waals surface area contributed by atoms with Crippen LogP contribution in [-0.2, 0) is 28.1 Å². The second-order valence-electron chi connectivity index (χ2n) is 6.48. The molecule has 0 spiro atoms. The van der Waals surface area contributed by atoms with Gasteiger partial charge in [-0.05, 0) is 17.7 Å². The summed E-state index contributed by atoms with van der Waals surface area (Å²) in [6.45, 7) is 4.72. The van der Waals surface area contributed by atoms with Gasteiger partial charge >= 0.3 is 0 Å². The molecular weight excluding hydrogens is 372 g/mol. The molecule has 0 saturated carbocycles. The molecule has 2 aliphatic heterocycles. The number of ether oxygens (including phenoxy) is 1. The molecule has 0 bridgehead atoms. The van der Waals surface area contributed by atoms with Gasteiger partial charge in [0.1, 0.15) is 10.7 Å². The molecule has 2 aliphatic rings. The first kappa shape index (κ1) is 18.0. The van der Waals surface area contributed by atoms with Crippen molar-refractivity contribution in [2.75, 3.05) is 45.1 Å². The van der Waals surface area contributed by atoms with Crippen molar-refractivity contribution in [2.45, 2.75) is 18.6 Å². The molecule has 4 rings (SSSR count). The molecule has 26 heavy (non-hydrogen) atoms. The van der Waals surface area contributed by atoms with E-state index in [1.54, 1.807) is 11.3 Å². The van der Waals surface area contributed by atoms with E-state index in [4.69, 9.17) is 4.74 Å². The number of nitrogens with one attached hydrogen (secondary N) is 2. The van der Waals surface area contributed by atoms with Gasteiger partial charge < -0.3 is 15.0 Å². The van der Waals surface area contributed by atoms with Crippen LogP contribution in [0.3, 0.4) is 0 Å². The highest BCUT2D eigenvalue weighted by Crippen LogP contribution is 2.35. The van der Waals surface area contributed by atoms with Gasteiger partial charge in [0.25, 0.3) is 5.56 Å². The molecule has 2 aromatic heterocycles. The van der Waals surface area contributed by atoms with Crippen molar-refractivity contribution in [1.29, 1.82) is 0 Å². The lowest BCUT2D eigenvalue weighted by atomic mass is 10.1. The van der Waals surface area contributed by atoms with Crippen molar-refractivity contribution >= 4 is 39.2 Å². The summed E-state index contributed by atoms with van der Waals surface area (Å²) in [5.41, 5.74) is 1.04. The highest BCUT2D eigenvalue weighted by molar-refractivity contribution is 7.98. The van der Waals surface area contributed by atoms with Crippen LogP contribution in [0.1, 0.15) is 16.3 Å². The molecule has 9 heteroatoms. The van der Waals surface area contributed by atoms with E-state index in [9.17, 15) is 9.59 Å². The van der Waals surface area contributed by atoms with Crippen molar-refractivity contribution in [3.8, 4) is 0 Å². The van der Waals surface area contributed by atoms with Gasteiger partial charge in [0.2, 0.25) is 5.91 Å². The Morgan fingerprint density at radius 1 is 1.35 bits per heavy atom. The fraction of sp³-hybridized carbons (Fsp3) is 0.588. The normalized spacial score (nSPS) is 18.0. The minimum Gasteiger partial charge on any atom is -0.379 e. The van der Waals surface area contributed by atoms with E-state index in [2.05, 4.69) is 20.2 Å². The van der Waals surface area contributed by atoms with E-state index in [-0.39, 0.29) is 17.9 Å². The summed E-state index contributed by atoms with van der Waals surface area (Å²) in [5.74, 6) is 2.33. The topological polar surface area (TPSA) is 87.3 Å². The quantitative estimate of drug-likeness (QED) is 0.779. The number of aromatic amines is 1. The molecule has 2 aromatic rings. The van der Waals surface area contributed by atoms with Gasteiger partial charge in [-0.3, -0.25) is 14.5 Å². The number of thioether (sulfide) groups is 1. The standard InChI is InChI=1S/C17H22N4O3S2/c22-14(18-2-3-21-4-6-24-7-5-21)9-13-19-16(23)15-11-1-8-25-10-12(11)26-17(15)20-13/h1-10H2,(H,18,22)(H,19,20,23). The number of carbonyl (C=O) groups excluding carboxylic acids is 1. The first-order chi connectivity index (χ1) is 12.7. The molecular formula is C17H22N4O3S2. The smallest absolute Gasteiger partial charge is 0.259 e. The minimum absolute atomic E-state index is 0.103. The largest absolute Gasteiger partial charge is 0.379 e. The van der Waals surface area contributed by atoms with Crippen LogP contribution in [-0.4, -0.2) is 65.9 Å².